The summed E-state index contributed by atoms with van der Waals surface area (Å²) >= 11 is 0. The third-order valence-electron chi connectivity index (χ3n) is 5.77. The third-order valence-corrected chi connectivity index (χ3v) is 5.77. The number of anilines is 2. The maximum Gasteiger partial charge on any atom is 0.193 e. The molecule has 0 aromatic heterocycles. The Morgan fingerprint density at radius 1 is 0.909 bits per heavy atom. The average Bonchev–Trinajstić information content (AvgIpc) is 2.84. The van der Waals surface area contributed by atoms with Gasteiger partial charge in [-0.15, -0.1) is 24.0 Å². The minimum absolute atomic E-state index is 0. The summed E-state index contributed by atoms with van der Waals surface area (Å²) in [7, 11) is 1.65. The first kappa shape index (κ1) is 24.9. The van der Waals surface area contributed by atoms with Gasteiger partial charge in [0.2, 0.25) is 0 Å². The first-order valence-corrected chi connectivity index (χ1v) is 11.0. The van der Waals surface area contributed by atoms with Gasteiger partial charge in [0, 0.05) is 50.2 Å². The second-order valence-electron chi connectivity index (χ2n) is 7.93. The van der Waals surface area contributed by atoms with Gasteiger partial charge in [0.1, 0.15) is 5.75 Å². The van der Waals surface area contributed by atoms with Gasteiger partial charge in [-0.1, -0.05) is 48.5 Å². The van der Waals surface area contributed by atoms with E-state index in [0.29, 0.717) is 12.5 Å². The number of nitrogens with two attached hydrogens (primary N) is 1. The van der Waals surface area contributed by atoms with Crippen molar-refractivity contribution < 1.29 is 4.74 Å². The van der Waals surface area contributed by atoms with Crippen molar-refractivity contribution in [3.05, 3.63) is 90.0 Å². The Bertz CT molecular complexity index is 1040. The number of aliphatic imine (C=N–C) groups is 1. The lowest BCUT2D eigenvalue weighted by molar-refractivity contribution is 0.249. The monoisotopic (exact) mass is 557 g/mol. The number of para-hydroxylation sites is 1. The number of benzene rings is 3. The highest BCUT2D eigenvalue weighted by Crippen LogP contribution is 2.19. The predicted molar refractivity (Wildman–Crippen MR) is 148 cm³/mol. The van der Waals surface area contributed by atoms with Crippen molar-refractivity contribution in [1.82, 2.24) is 4.90 Å². The molecule has 1 saturated heterocycles. The second kappa shape index (κ2) is 12.5. The van der Waals surface area contributed by atoms with Gasteiger partial charge in [-0.2, -0.15) is 0 Å². The van der Waals surface area contributed by atoms with Gasteiger partial charge in [0.15, 0.2) is 5.96 Å². The van der Waals surface area contributed by atoms with E-state index in [4.69, 9.17) is 10.5 Å². The molecule has 0 atom stereocenters. The molecule has 0 amide bonds. The van der Waals surface area contributed by atoms with Crippen LogP contribution in [-0.4, -0.2) is 44.1 Å². The van der Waals surface area contributed by atoms with Crippen LogP contribution in [0, 0.1) is 0 Å². The largest absolute Gasteiger partial charge is 0.497 e. The maximum absolute atomic E-state index is 6.13. The third kappa shape index (κ3) is 7.10. The number of halogens is 1. The fraction of sp³-hybridized carbons (Fsp3) is 0.269. The summed E-state index contributed by atoms with van der Waals surface area (Å²) in [6, 6.07) is 26.8. The first-order valence-electron chi connectivity index (χ1n) is 11.0. The molecule has 1 aliphatic heterocycles. The number of piperazine rings is 1. The van der Waals surface area contributed by atoms with Gasteiger partial charge in [-0.05, 0) is 35.4 Å². The molecule has 4 rings (SSSR count). The number of nitrogens with zero attached hydrogens (tertiary/aromatic N) is 3. The van der Waals surface area contributed by atoms with Gasteiger partial charge in [0.05, 0.1) is 13.7 Å². The van der Waals surface area contributed by atoms with E-state index in [9.17, 15) is 0 Å². The van der Waals surface area contributed by atoms with E-state index in [2.05, 4.69) is 74.7 Å². The fourth-order valence-corrected chi connectivity index (χ4v) is 3.97. The van der Waals surface area contributed by atoms with E-state index in [0.717, 1.165) is 44.2 Å². The van der Waals surface area contributed by atoms with Crippen LogP contribution in [-0.2, 0) is 13.1 Å². The van der Waals surface area contributed by atoms with Crippen molar-refractivity contribution in [2.45, 2.75) is 13.1 Å². The van der Waals surface area contributed by atoms with Gasteiger partial charge >= 0.3 is 0 Å². The molecule has 0 spiro atoms. The number of rotatable bonds is 7. The number of hydrogen-bond acceptors (Lipinski definition) is 4. The minimum atomic E-state index is 0. The molecular formula is C26H32IN5O. The molecule has 7 heteroatoms. The quantitative estimate of drug-likeness (QED) is 0.253. The van der Waals surface area contributed by atoms with E-state index in [1.165, 1.54) is 16.8 Å². The Labute approximate surface area is 213 Å². The maximum atomic E-state index is 6.13. The summed E-state index contributed by atoms with van der Waals surface area (Å²) in [4.78, 5) is 9.54. The zero-order chi connectivity index (χ0) is 22.2. The normalized spacial score (nSPS) is 14.5. The number of ether oxygens (including phenoxy) is 1. The Hall–Kier alpha value is -2.78. The van der Waals surface area contributed by atoms with Gasteiger partial charge in [-0.25, -0.2) is 4.99 Å². The fourth-order valence-electron chi connectivity index (χ4n) is 3.97. The zero-order valence-electron chi connectivity index (χ0n) is 19.0. The Balaban J connectivity index is 0.00000306. The van der Waals surface area contributed by atoms with Crippen LogP contribution >= 0.6 is 24.0 Å². The number of hydrogen-bond donors (Lipinski definition) is 2. The van der Waals surface area contributed by atoms with Gasteiger partial charge < -0.3 is 20.7 Å². The van der Waals surface area contributed by atoms with Crippen molar-refractivity contribution in [2.24, 2.45) is 10.7 Å². The molecular weight excluding hydrogens is 525 g/mol. The van der Waals surface area contributed by atoms with Gasteiger partial charge in [0.25, 0.3) is 0 Å². The molecule has 3 N–H and O–H groups in total. The summed E-state index contributed by atoms with van der Waals surface area (Å²) in [5.74, 6) is 1.17. The molecule has 33 heavy (non-hydrogen) atoms. The molecule has 0 radical (unpaired) electrons. The molecule has 0 unspecified atom stereocenters. The molecule has 6 nitrogen and oxygen atoms in total. The van der Waals surface area contributed by atoms with Crippen LogP contribution in [0.25, 0.3) is 0 Å². The molecule has 174 valence electrons. The molecule has 0 aliphatic carbocycles. The van der Waals surface area contributed by atoms with Crippen LogP contribution in [0.15, 0.2) is 83.9 Å². The number of guanidine groups is 1. The van der Waals surface area contributed by atoms with Crippen molar-refractivity contribution >= 4 is 41.3 Å². The molecule has 0 saturated carbocycles. The summed E-state index contributed by atoms with van der Waals surface area (Å²) in [6.07, 6.45) is 0. The summed E-state index contributed by atoms with van der Waals surface area (Å²) < 4.78 is 5.26. The van der Waals surface area contributed by atoms with Gasteiger partial charge in [-0.3, -0.25) is 4.90 Å². The lowest BCUT2D eigenvalue weighted by atomic mass is 10.1. The average molecular weight is 557 g/mol. The topological polar surface area (TPSA) is 66.1 Å². The Morgan fingerprint density at radius 2 is 1.61 bits per heavy atom. The van der Waals surface area contributed by atoms with E-state index in [1.807, 2.05) is 24.3 Å². The lowest BCUT2D eigenvalue weighted by Gasteiger charge is -2.36. The van der Waals surface area contributed by atoms with Crippen LogP contribution in [0.2, 0.25) is 0 Å². The number of methoxy groups -OCH3 is 1. The number of nitrogens with one attached hydrogen (secondary N) is 1. The standard InChI is InChI=1S/C26H31N5O.HI/c1-32-25-13-7-10-23(18-25)29-26(27)28-19-21-8-5-6-9-22(21)20-30-14-16-31(17-15-30)24-11-3-2-4-12-24;/h2-13,18H,14-17,19-20H2,1H3,(H3,27,28,29);1H. The SMILES string of the molecule is COc1cccc(NC(N)=NCc2ccccc2CN2CCN(c3ccccc3)CC2)c1.I. The van der Waals surface area contributed by atoms with Crippen molar-refractivity contribution in [3.8, 4) is 5.75 Å². The molecule has 3 aromatic carbocycles. The van der Waals surface area contributed by atoms with Crippen LogP contribution in [0.3, 0.4) is 0 Å². The van der Waals surface area contributed by atoms with Crippen molar-refractivity contribution in [2.75, 3.05) is 43.5 Å². The summed E-state index contributed by atoms with van der Waals surface area (Å²) in [5, 5.41) is 3.14. The van der Waals surface area contributed by atoms with Crippen LogP contribution in [0.1, 0.15) is 11.1 Å². The van der Waals surface area contributed by atoms with Crippen LogP contribution in [0.5, 0.6) is 5.75 Å². The highest BCUT2D eigenvalue weighted by molar-refractivity contribution is 14.0. The molecule has 0 bridgehead atoms. The van der Waals surface area contributed by atoms with E-state index < -0.39 is 0 Å². The zero-order valence-corrected chi connectivity index (χ0v) is 21.3. The predicted octanol–water partition coefficient (Wildman–Crippen LogP) is 4.56. The summed E-state index contributed by atoms with van der Waals surface area (Å²) in [6.45, 7) is 5.65. The lowest BCUT2D eigenvalue weighted by Crippen LogP contribution is -2.46. The van der Waals surface area contributed by atoms with Crippen LogP contribution < -0.4 is 20.7 Å². The molecule has 1 heterocycles. The Morgan fingerprint density at radius 3 is 2.33 bits per heavy atom. The smallest absolute Gasteiger partial charge is 0.193 e. The molecule has 1 aliphatic rings. The van der Waals surface area contributed by atoms with E-state index in [1.54, 1.807) is 7.11 Å². The van der Waals surface area contributed by atoms with Crippen LogP contribution in [0.4, 0.5) is 11.4 Å². The highest BCUT2D eigenvalue weighted by Gasteiger charge is 2.18. The highest BCUT2D eigenvalue weighted by atomic mass is 127. The van der Waals surface area contributed by atoms with Crippen molar-refractivity contribution in [3.63, 3.8) is 0 Å². The molecule has 1 fully saturated rings. The summed E-state index contributed by atoms with van der Waals surface area (Å²) in [5.41, 5.74) is 10.8. The van der Waals surface area contributed by atoms with E-state index in [-0.39, 0.29) is 24.0 Å². The van der Waals surface area contributed by atoms with E-state index >= 15 is 0 Å². The Kier molecular flexibility index (Phi) is 9.38. The second-order valence-corrected chi connectivity index (χ2v) is 7.93. The first-order chi connectivity index (χ1) is 15.7. The molecule has 3 aromatic rings. The van der Waals surface area contributed by atoms with Crippen molar-refractivity contribution in [1.29, 1.82) is 0 Å². The minimum Gasteiger partial charge on any atom is -0.497 e.